The van der Waals surface area contributed by atoms with E-state index in [0.29, 0.717) is 0 Å². The zero-order valence-electron chi connectivity index (χ0n) is 8.88. The van der Waals surface area contributed by atoms with E-state index in [0.717, 1.165) is 38.5 Å². The molecule has 2 heteroatoms. The molecule has 1 N–H and O–H groups in total. The first-order valence-electron chi connectivity index (χ1n) is 5.48. The van der Waals surface area contributed by atoms with Crippen molar-refractivity contribution in [3.05, 3.63) is 0 Å². The van der Waals surface area contributed by atoms with Crippen LogP contribution in [0.3, 0.4) is 0 Å². The van der Waals surface area contributed by atoms with Gasteiger partial charge in [0.25, 0.3) is 0 Å². The second-order valence-corrected chi connectivity index (χ2v) is 4.18. The molecule has 0 heterocycles. The highest BCUT2D eigenvalue weighted by molar-refractivity contribution is 4.90. The van der Waals surface area contributed by atoms with Gasteiger partial charge in [0.1, 0.15) is 0 Å². The summed E-state index contributed by atoms with van der Waals surface area (Å²) in [5.41, 5.74) is -0.525. The van der Waals surface area contributed by atoms with E-state index in [1.54, 1.807) is 7.11 Å². The molecule has 0 aromatic carbocycles. The molecule has 0 radical (unpaired) electrons. The van der Waals surface area contributed by atoms with Crippen LogP contribution >= 0.6 is 0 Å². The van der Waals surface area contributed by atoms with Crippen LogP contribution in [0.5, 0.6) is 0 Å². The number of unbranched alkanes of at least 4 members (excludes halogenated alkanes) is 1. The lowest BCUT2D eigenvalue weighted by Crippen LogP contribution is -2.45. The highest BCUT2D eigenvalue weighted by Crippen LogP contribution is 2.34. The molecule has 0 aliphatic heterocycles. The summed E-state index contributed by atoms with van der Waals surface area (Å²) in [6.07, 6.45) is 7.54. The Bertz CT molecular complexity index is 147. The largest absolute Gasteiger partial charge is 0.387 e. The van der Waals surface area contributed by atoms with Crippen molar-refractivity contribution < 1.29 is 9.84 Å². The third-order valence-electron chi connectivity index (χ3n) is 3.17. The first-order valence-corrected chi connectivity index (χ1v) is 5.48. The lowest BCUT2D eigenvalue weighted by molar-refractivity contribution is -0.121. The molecule has 0 aromatic heterocycles. The van der Waals surface area contributed by atoms with E-state index in [2.05, 4.69) is 6.92 Å². The van der Waals surface area contributed by atoms with Crippen LogP contribution in [-0.4, -0.2) is 23.9 Å². The van der Waals surface area contributed by atoms with Gasteiger partial charge in [-0.1, -0.05) is 32.6 Å². The van der Waals surface area contributed by atoms with Gasteiger partial charge in [-0.05, 0) is 19.3 Å². The standard InChI is InChI=1S/C11H22O2/c1-3-4-8-11(12)9-6-5-7-10(11)13-2/h10,12H,3-9H2,1-2H3. The molecule has 2 atom stereocenters. The first kappa shape index (κ1) is 11.0. The molecule has 0 saturated heterocycles. The lowest BCUT2D eigenvalue weighted by atomic mass is 9.79. The molecule has 1 aliphatic rings. The number of hydrogen-bond donors (Lipinski definition) is 1. The normalized spacial score (nSPS) is 34.8. The Kier molecular flexibility index (Phi) is 4.20. The average molecular weight is 186 g/mol. The van der Waals surface area contributed by atoms with Crippen LogP contribution in [0, 0.1) is 0 Å². The summed E-state index contributed by atoms with van der Waals surface area (Å²) in [6, 6.07) is 0. The SMILES string of the molecule is CCCCC1(O)CCCCC1OC. The maximum absolute atomic E-state index is 10.3. The van der Waals surface area contributed by atoms with E-state index >= 15 is 0 Å². The van der Waals surface area contributed by atoms with Gasteiger partial charge in [0, 0.05) is 7.11 Å². The molecule has 1 fully saturated rings. The molecular formula is C11H22O2. The highest BCUT2D eigenvalue weighted by Gasteiger charge is 2.38. The van der Waals surface area contributed by atoms with Gasteiger partial charge in [0.2, 0.25) is 0 Å². The lowest BCUT2D eigenvalue weighted by Gasteiger charge is -2.39. The van der Waals surface area contributed by atoms with E-state index in [-0.39, 0.29) is 6.10 Å². The van der Waals surface area contributed by atoms with E-state index in [4.69, 9.17) is 4.74 Å². The average Bonchev–Trinajstić information content (AvgIpc) is 2.16. The number of aliphatic hydroxyl groups is 1. The van der Waals surface area contributed by atoms with Crippen LogP contribution in [0.1, 0.15) is 51.9 Å². The van der Waals surface area contributed by atoms with Gasteiger partial charge in [-0.2, -0.15) is 0 Å². The summed E-state index contributed by atoms with van der Waals surface area (Å²) >= 11 is 0. The predicted octanol–water partition coefficient (Wildman–Crippen LogP) is 2.50. The van der Waals surface area contributed by atoms with Crippen molar-refractivity contribution in [2.24, 2.45) is 0 Å². The Hall–Kier alpha value is -0.0800. The van der Waals surface area contributed by atoms with Gasteiger partial charge in [0.05, 0.1) is 11.7 Å². The van der Waals surface area contributed by atoms with Crippen LogP contribution in [0.4, 0.5) is 0 Å². The number of hydrogen-bond acceptors (Lipinski definition) is 2. The molecular weight excluding hydrogens is 164 g/mol. The van der Waals surface area contributed by atoms with Gasteiger partial charge in [-0.25, -0.2) is 0 Å². The van der Waals surface area contributed by atoms with Crippen molar-refractivity contribution in [1.29, 1.82) is 0 Å². The second kappa shape index (κ2) is 4.97. The number of ether oxygens (including phenoxy) is 1. The van der Waals surface area contributed by atoms with Gasteiger partial charge in [-0.15, -0.1) is 0 Å². The summed E-state index contributed by atoms with van der Waals surface area (Å²) in [7, 11) is 1.72. The Labute approximate surface area is 81.3 Å². The Morgan fingerprint density at radius 3 is 2.85 bits per heavy atom. The number of methoxy groups -OCH3 is 1. The van der Waals surface area contributed by atoms with E-state index in [9.17, 15) is 5.11 Å². The van der Waals surface area contributed by atoms with Crippen LogP contribution in [0.15, 0.2) is 0 Å². The van der Waals surface area contributed by atoms with Gasteiger partial charge < -0.3 is 9.84 Å². The molecule has 0 spiro atoms. The second-order valence-electron chi connectivity index (χ2n) is 4.18. The van der Waals surface area contributed by atoms with Crippen LogP contribution in [0.2, 0.25) is 0 Å². The van der Waals surface area contributed by atoms with Crippen molar-refractivity contribution in [1.82, 2.24) is 0 Å². The molecule has 0 bridgehead atoms. The molecule has 0 amide bonds. The van der Waals surface area contributed by atoms with Crippen molar-refractivity contribution in [2.45, 2.75) is 63.6 Å². The molecule has 1 saturated carbocycles. The van der Waals surface area contributed by atoms with Crippen molar-refractivity contribution >= 4 is 0 Å². The van der Waals surface area contributed by atoms with E-state index < -0.39 is 5.60 Å². The molecule has 0 aromatic rings. The molecule has 1 aliphatic carbocycles. The van der Waals surface area contributed by atoms with Crippen molar-refractivity contribution in [3.63, 3.8) is 0 Å². The maximum Gasteiger partial charge on any atom is 0.0908 e. The highest BCUT2D eigenvalue weighted by atomic mass is 16.5. The minimum Gasteiger partial charge on any atom is -0.387 e. The predicted molar refractivity (Wildman–Crippen MR) is 53.7 cm³/mol. The summed E-state index contributed by atoms with van der Waals surface area (Å²) in [5, 5.41) is 10.3. The zero-order chi connectivity index (χ0) is 9.73. The third-order valence-corrected chi connectivity index (χ3v) is 3.17. The minimum absolute atomic E-state index is 0.0767. The van der Waals surface area contributed by atoms with Gasteiger partial charge >= 0.3 is 0 Å². The van der Waals surface area contributed by atoms with Crippen LogP contribution in [-0.2, 0) is 4.74 Å². The van der Waals surface area contributed by atoms with Crippen molar-refractivity contribution in [2.75, 3.05) is 7.11 Å². The summed E-state index contributed by atoms with van der Waals surface area (Å²) in [4.78, 5) is 0. The number of rotatable bonds is 4. The molecule has 2 nitrogen and oxygen atoms in total. The molecule has 2 unspecified atom stereocenters. The van der Waals surface area contributed by atoms with Crippen LogP contribution in [0.25, 0.3) is 0 Å². The van der Waals surface area contributed by atoms with Crippen molar-refractivity contribution in [3.8, 4) is 0 Å². The van der Waals surface area contributed by atoms with Crippen LogP contribution < -0.4 is 0 Å². The topological polar surface area (TPSA) is 29.5 Å². The smallest absolute Gasteiger partial charge is 0.0908 e. The summed E-state index contributed by atoms with van der Waals surface area (Å²) in [5.74, 6) is 0. The quantitative estimate of drug-likeness (QED) is 0.731. The third kappa shape index (κ3) is 2.68. The minimum atomic E-state index is -0.525. The first-order chi connectivity index (χ1) is 6.23. The fourth-order valence-electron chi connectivity index (χ4n) is 2.30. The summed E-state index contributed by atoms with van der Waals surface area (Å²) < 4.78 is 5.35. The molecule has 1 rings (SSSR count). The summed E-state index contributed by atoms with van der Waals surface area (Å²) in [6.45, 7) is 2.16. The molecule has 78 valence electrons. The Morgan fingerprint density at radius 2 is 2.23 bits per heavy atom. The molecule has 13 heavy (non-hydrogen) atoms. The Morgan fingerprint density at radius 1 is 1.46 bits per heavy atom. The Balaban J connectivity index is 2.49. The fraction of sp³-hybridized carbons (Fsp3) is 1.00. The zero-order valence-corrected chi connectivity index (χ0v) is 8.88. The van der Waals surface area contributed by atoms with Gasteiger partial charge in [0.15, 0.2) is 0 Å². The van der Waals surface area contributed by atoms with E-state index in [1.807, 2.05) is 0 Å². The monoisotopic (exact) mass is 186 g/mol. The van der Waals surface area contributed by atoms with E-state index in [1.165, 1.54) is 6.42 Å². The van der Waals surface area contributed by atoms with Gasteiger partial charge in [-0.3, -0.25) is 0 Å². The fourth-order valence-corrected chi connectivity index (χ4v) is 2.30. The maximum atomic E-state index is 10.3.